The molecular formula is C9H15N3OS. The second kappa shape index (κ2) is 4.79. The molecule has 1 atom stereocenters. The molecule has 14 heavy (non-hydrogen) atoms. The SMILES string of the molecule is CNCCc1nc(C2CCSC2)no1. The number of likely N-dealkylation sites (N-methyl/N-ethyl adjacent to an activating group) is 1. The fourth-order valence-electron chi connectivity index (χ4n) is 1.51. The van der Waals surface area contributed by atoms with Crippen LogP contribution in [0.5, 0.6) is 0 Å². The summed E-state index contributed by atoms with van der Waals surface area (Å²) in [4.78, 5) is 4.40. The molecule has 4 nitrogen and oxygen atoms in total. The number of rotatable bonds is 4. The van der Waals surface area contributed by atoms with Crippen LogP contribution in [0.25, 0.3) is 0 Å². The zero-order valence-electron chi connectivity index (χ0n) is 8.32. The van der Waals surface area contributed by atoms with Crippen molar-refractivity contribution in [2.24, 2.45) is 0 Å². The lowest BCUT2D eigenvalue weighted by Crippen LogP contribution is -2.10. The van der Waals surface area contributed by atoms with Crippen LogP contribution >= 0.6 is 11.8 Å². The van der Waals surface area contributed by atoms with Gasteiger partial charge in [-0.25, -0.2) is 0 Å². The van der Waals surface area contributed by atoms with Gasteiger partial charge in [-0.1, -0.05) is 5.16 Å². The highest BCUT2D eigenvalue weighted by atomic mass is 32.2. The lowest BCUT2D eigenvalue weighted by atomic mass is 10.1. The van der Waals surface area contributed by atoms with Gasteiger partial charge in [-0.3, -0.25) is 0 Å². The smallest absolute Gasteiger partial charge is 0.227 e. The van der Waals surface area contributed by atoms with Crippen LogP contribution in [0.2, 0.25) is 0 Å². The van der Waals surface area contributed by atoms with Crippen molar-refractivity contribution >= 4 is 11.8 Å². The molecule has 0 spiro atoms. The summed E-state index contributed by atoms with van der Waals surface area (Å²) in [5.74, 6) is 4.55. The lowest BCUT2D eigenvalue weighted by molar-refractivity contribution is 0.369. The van der Waals surface area contributed by atoms with Gasteiger partial charge in [0.15, 0.2) is 5.82 Å². The zero-order valence-corrected chi connectivity index (χ0v) is 9.14. The summed E-state index contributed by atoms with van der Waals surface area (Å²) in [7, 11) is 1.92. The van der Waals surface area contributed by atoms with Gasteiger partial charge in [0.25, 0.3) is 0 Å². The topological polar surface area (TPSA) is 51.0 Å². The summed E-state index contributed by atoms with van der Waals surface area (Å²) in [6.07, 6.45) is 2.01. The van der Waals surface area contributed by atoms with Crippen LogP contribution in [-0.2, 0) is 6.42 Å². The van der Waals surface area contributed by atoms with Crippen LogP contribution in [0.4, 0.5) is 0 Å². The Labute approximate surface area is 87.8 Å². The standard InChI is InChI=1S/C9H15N3OS/c1-10-4-2-8-11-9(12-13-8)7-3-5-14-6-7/h7,10H,2-6H2,1H3. The molecule has 0 radical (unpaired) electrons. The summed E-state index contributed by atoms with van der Waals surface area (Å²) in [6.45, 7) is 0.890. The Balaban J connectivity index is 1.94. The number of aromatic nitrogens is 2. The van der Waals surface area contributed by atoms with E-state index < -0.39 is 0 Å². The third-order valence-electron chi connectivity index (χ3n) is 2.37. The Morgan fingerprint density at radius 1 is 1.64 bits per heavy atom. The third kappa shape index (κ3) is 2.27. The van der Waals surface area contributed by atoms with Crippen molar-refractivity contribution in [2.75, 3.05) is 25.1 Å². The van der Waals surface area contributed by atoms with E-state index in [0.717, 1.165) is 30.4 Å². The highest BCUT2D eigenvalue weighted by molar-refractivity contribution is 7.99. The Morgan fingerprint density at radius 2 is 2.57 bits per heavy atom. The second-order valence-corrected chi connectivity index (χ2v) is 4.61. The van der Waals surface area contributed by atoms with Crippen molar-refractivity contribution in [1.29, 1.82) is 0 Å². The van der Waals surface area contributed by atoms with Crippen LogP contribution in [0.3, 0.4) is 0 Å². The normalized spacial score (nSPS) is 21.6. The maximum Gasteiger partial charge on any atom is 0.227 e. The lowest BCUT2D eigenvalue weighted by Gasteiger charge is -1.98. The molecule has 0 bridgehead atoms. The molecule has 1 unspecified atom stereocenters. The zero-order chi connectivity index (χ0) is 9.80. The maximum absolute atomic E-state index is 5.17. The number of hydrogen-bond acceptors (Lipinski definition) is 5. The molecule has 1 aliphatic heterocycles. The molecule has 1 fully saturated rings. The van der Waals surface area contributed by atoms with E-state index in [4.69, 9.17) is 4.52 Å². The van der Waals surface area contributed by atoms with Crippen LogP contribution in [-0.4, -0.2) is 35.2 Å². The van der Waals surface area contributed by atoms with Gasteiger partial charge in [0.1, 0.15) is 0 Å². The van der Waals surface area contributed by atoms with E-state index in [0.29, 0.717) is 5.92 Å². The van der Waals surface area contributed by atoms with Crippen molar-refractivity contribution in [3.05, 3.63) is 11.7 Å². The van der Waals surface area contributed by atoms with Crippen LogP contribution in [0.1, 0.15) is 24.1 Å². The van der Waals surface area contributed by atoms with Gasteiger partial charge < -0.3 is 9.84 Å². The molecule has 1 saturated heterocycles. The summed E-state index contributed by atoms with van der Waals surface area (Å²) < 4.78 is 5.17. The molecule has 0 saturated carbocycles. The highest BCUT2D eigenvalue weighted by Gasteiger charge is 2.22. The van der Waals surface area contributed by atoms with Crippen molar-refractivity contribution < 1.29 is 4.52 Å². The molecule has 1 N–H and O–H groups in total. The number of nitrogens with one attached hydrogen (secondary N) is 1. The first-order chi connectivity index (χ1) is 6.90. The van der Waals surface area contributed by atoms with Crippen LogP contribution in [0.15, 0.2) is 4.52 Å². The highest BCUT2D eigenvalue weighted by Crippen LogP contribution is 2.30. The quantitative estimate of drug-likeness (QED) is 0.810. The van der Waals surface area contributed by atoms with E-state index in [1.807, 2.05) is 18.8 Å². The van der Waals surface area contributed by atoms with Gasteiger partial charge in [0.05, 0.1) is 0 Å². The first-order valence-electron chi connectivity index (χ1n) is 4.95. The second-order valence-electron chi connectivity index (χ2n) is 3.46. The predicted octanol–water partition coefficient (Wildman–Crippen LogP) is 1.05. The van der Waals surface area contributed by atoms with E-state index in [1.165, 1.54) is 12.2 Å². The van der Waals surface area contributed by atoms with Gasteiger partial charge >= 0.3 is 0 Å². The molecule has 1 aliphatic rings. The molecule has 0 amide bonds. The molecule has 2 rings (SSSR count). The van der Waals surface area contributed by atoms with E-state index >= 15 is 0 Å². The van der Waals surface area contributed by atoms with Crippen molar-refractivity contribution in [3.63, 3.8) is 0 Å². The van der Waals surface area contributed by atoms with Crippen LogP contribution in [0, 0.1) is 0 Å². The number of nitrogens with zero attached hydrogens (tertiary/aromatic N) is 2. The number of thioether (sulfide) groups is 1. The van der Waals surface area contributed by atoms with E-state index in [2.05, 4.69) is 15.5 Å². The van der Waals surface area contributed by atoms with Crippen molar-refractivity contribution in [3.8, 4) is 0 Å². The molecule has 1 aromatic rings. The Kier molecular flexibility index (Phi) is 3.42. The predicted molar refractivity (Wildman–Crippen MR) is 56.6 cm³/mol. The average molecular weight is 213 g/mol. The Bertz CT molecular complexity index is 283. The van der Waals surface area contributed by atoms with Gasteiger partial charge in [-0.15, -0.1) is 0 Å². The summed E-state index contributed by atoms with van der Waals surface area (Å²) in [5, 5.41) is 7.09. The van der Waals surface area contributed by atoms with Crippen molar-refractivity contribution in [1.82, 2.24) is 15.5 Å². The minimum Gasteiger partial charge on any atom is -0.339 e. The molecule has 0 aromatic carbocycles. The molecule has 2 heterocycles. The summed E-state index contributed by atoms with van der Waals surface area (Å²) >= 11 is 1.97. The molecular weight excluding hydrogens is 198 g/mol. The first kappa shape index (κ1) is 9.98. The molecule has 78 valence electrons. The van der Waals surface area contributed by atoms with E-state index in [-0.39, 0.29) is 0 Å². The molecule has 5 heteroatoms. The molecule has 1 aromatic heterocycles. The van der Waals surface area contributed by atoms with Crippen molar-refractivity contribution in [2.45, 2.75) is 18.8 Å². The van der Waals surface area contributed by atoms with E-state index in [9.17, 15) is 0 Å². The van der Waals surface area contributed by atoms with Crippen LogP contribution < -0.4 is 5.32 Å². The minimum atomic E-state index is 0.520. The van der Waals surface area contributed by atoms with Gasteiger partial charge in [0, 0.05) is 24.6 Å². The maximum atomic E-state index is 5.17. The van der Waals surface area contributed by atoms with Gasteiger partial charge in [-0.2, -0.15) is 16.7 Å². The van der Waals surface area contributed by atoms with Gasteiger partial charge in [0.2, 0.25) is 5.89 Å². The fourth-order valence-corrected chi connectivity index (χ4v) is 2.72. The first-order valence-corrected chi connectivity index (χ1v) is 6.10. The summed E-state index contributed by atoms with van der Waals surface area (Å²) in [5.41, 5.74) is 0. The van der Waals surface area contributed by atoms with Gasteiger partial charge in [-0.05, 0) is 19.2 Å². The number of hydrogen-bond donors (Lipinski definition) is 1. The fraction of sp³-hybridized carbons (Fsp3) is 0.778. The minimum absolute atomic E-state index is 0.520. The summed E-state index contributed by atoms with van der Waals surface area (Å²) in [6, 6.07) is 0. The van der Waals surface area contributed by atoms with E-state index in [1.54, 1.807) is 0 Å². The largest absolute Gasteiger partial charge is 0.339 e. The Morgan fingerprint density at radius 3 is 3.29 bits per heavy atom. The monoisotopic (exact) mass is 213 g/mol. The molecule has 0 aliphatic carbocycles. The Hall–Kier alpha value is -0.550. The average Bonchev–Trinajstić information content (AvgIpc) is 2.85. The third-order valence-corrected chi connectivity index (χ3v) is 3.53.